The standard InChI is InChI=1S/C21H15N/c22-17-10-16-6-8-18-19(21(16)12-17)7-5-15-9-13-3-1-2-4-14(13)11-20(15)18/h1-9,11-12H,10,22H2. The molecule has 2 N–H and O–H groups in total. The Morgan fingerprint density at radius 1 is 0.682 bits per heavy atom. The maximum atomic E-state index is 6.02. The third kappa shape index (κ3) is 1.54. The summed E-state index contributed by atoms with van der Waals surface area (Å²) < 4.78 is 0. The van der Waals surface area contributed by atoms with Crippen LogP contribution in [0.4, 0.5) is 0 Å². The second-order valence-corrected chi connectivity index (χ2v) is 6.12. The van der Waals surface area contributed by atoms with Gasteiger partial charge in [0.2, 0.25) is 0 Å². The highest BCUT2D eigenvalue weighted by Crippen LogP contribution is 2.35. The van der Waals surface area contributed by atoms with Crippen molar-refractivity contribution >= 4 is 38.4 Å². The third-order valence-corrected chi connectivity index (χ3v) is 4.74. The maximum absolute atomic E-state index is 6.02. The van der Waals surface area contributed by atoms with Gasteiger partial charge in [-0.3, -0.25) is 0 Å². The van der Waals surface area contributed by atoms with Gasteiger partial charge in [0.25, 0.3) is 0 Å². The molecule has 5 rings (SSSR count). The van der Waals surface area contributed by atoms with Crippen LogP contribution in [0.15, 0.2) is 66.4 Å². The molecule has 4 aromatic carbocycles. The van der Waals surface area contributed by atoms with Crippen molar-refractivity contribution in [2.75, 3.05) is 0 Å². The molecule has 0 amide bonds. The Hall–Kier alpha value is -2.80. The quantitative estimate of drug-likeness (QED) is 0.356. The zero-order valence-corrected chi connectivity index (χ0v) is 12.1. The molecule has 0 heterocycles. The Balaban J connectivity index is 1.96. The van der Waals surface area contributed by atoms with Crippen LogP contribution in [0.1, 0.15) is 11.1 Å². The van der Waals surface area contributed by atoms with Gasteiger partial charge in [-0.2, -0.15) is 0 Å². The summed E-state index contributed by atoms with van der Waals surface area (Å²) in [6, 6.07) is 22.1. The summed E-state index contributed by atoms with van der Waals surface area (Å²) >= 11 is 0. The molecule has 0 fully saturated rings. The second-order valence-electron chi connectivity index (χ2n) is 6.12. The van der Waals surface area contributed by atoms with Crippen LogP contribution in [0, 0.1) is 0 Å². The van der Waals surface area contributed by atoms with Crippen LogP contribution in [0.5, 0.6) is 0 Å². The molecule has 0 aromatic heterocycles. The first kappa shape index (κ1) is 11.8. The van der Waals surface area contributed by atoms with Crippen LogP contribution in [0.2, 0.25) is 0 Å². The third-order valence-electron chi connectivity index (χ3n) is 4.74. The smallest absolute Gasteiger partial charge is 0.0132 e. The highest BCUT2D eigenvalue weighted by molar-refractivity contribution is 6.14. The van der Waals surface area contributed by atoms with E-state index >= 15 is 0 Å². The van der Waals surface area contributed by atoms with Gasteiger partial charge in [-0.1, -0.05) is 48.5 Å². The van der Waals surface area contributed by atoms with Crippen molar-refractivity contribution in [3.05, 3.63) is 77.5 Å². The fourth-order valence-electron chi connectivity index (χ4n) is 3.68. The average Bonchev–Trinajstić information content (AvgIpc) is 2.93. The maximum Gasteiger partial charge on any atom is 0.0132 e. The number of benzene rings is 4. The van der Waals surface area contributed by atoms with E-state index in [-0.39, 0.29) is 0 Å². The SMILES string of the molecule is NC1=Cc2c(ccc3c2ccc2cc4ccccc4cc23)C1. The number of hydrogen-bond donors (Lipinski definition) is 1. The van der Waals surface area contributed by atoms with E-state index in [1.54, 1.807) is 0 Å². The van der Waals surface area contributed by atoms with Gasteiger partial charge >= 0.3 is 0 Å². The van der Waals surface area contributed by atoms with E-state index in [4.69, 9.17) is 5.73 Å². The Labute approximate surface area is 128 Å². The molecule has 0 unspecified atom stereocenters. The van der Waals surface area contributed by atoms with Gasteiger partial charge in [0, 0.05) is 12.1 Å². The summed E-state index contributed by atoms with van der Waals surface area (Å²) in [6.45, 7) is 0. The fraction of sp³-hybridized carbons (Fsp3) is 0.0476. The zero-order chi connectivity index (χ0) is 14.7. The molecule has 0 bridgehead atoms. The van der Waals surface area contributed by atoms with Crippen LogP contribution >= 0.6 is 0 Å². The number of nitrogens with two attached hydrogens (primary N) is 1. The lowest BCUT2D eigenvalue weighted by molar-refractivity contribution is 1.16. The molecule has 1 aliphatic carbocycles. The highest BCUT2D eigenvalue weighted by atomic mass is 14.6. The van der Waals surface area contributed by atoms with Crippen molar-refractivity contribution in [2.24, 2.45) is 5.73 Å². The van der Waals surface area contributed by atoms with Crippen LogP contribution in [0.3, 0.4) is 0 Å². The van der Waals surface area contributed by atoms with E-state index in [2.05, 4.69) is 66.7 Å². The summed E-state index contributed by atoms with van der Waals surface area (Å²) in [6.07, 6.45) is 3.01. The summed E-state index contributed by atoms with van der Waals surface area (Å²) in [4.78, 5) is 0. The van der Waals surface area contributed by atoms with E-state index in [1.165, 1.54) is 43.4 Å². The molecule has 0 atom stereocenters. The largest absolute Gasteiger partial charge is 0.402 e. The average molecular weight is 281 g/mol. The topological polar surface area (TPSA) is 26.0 Å². The van der Waals surface area contributed by atoms with Gasteiger partial charge in [0.15, 0.2) is 0 Å². The molecule has 0 saturated heterocycles. The van der Waals surface area contributed by atoms with Crippen molar-refractivity contribution in [3.8, 4) is 0 Å². The van der Waals surface area contributed by atoms with E-state index in [1.807, 2.05) is 0 Å². The zero-order valence-electron chi connectivity index (χ0n) is 12.1. The van der Waals surface area contributed by atoms with Crippen LogP contribution < -0.4 is 5.73 Å². The van der Waals surface area contributed by atoms with Gasteiger partial charge in [-0.15, -0.1) is 0 Å². The molecule has 104 valence electrons. The number of rotatable bonds is 0. The van der Waals surface area contributed by atoms with Crippen LogP contribution in [-0.2, 0) is 6.42 Å². The molecule has 0 spiro atoms. The molecule has 4 aromatic rings. The van der Waals surface area contributed by atoms with Gasteiger partial charge in [-0.05, 0) is 61.7 Å². The lowest BCUT2D eigenvalue weighted by atomic mass is 9.94. The second kappa shape index (κ2) is 4.11. The normalized spacial score (nSPS) is 13.7. The molecular weight excluding hydrogens is 266 g/mol. The van der Waals surface area contributed by atoms with E-state index < -0.39 is 0 Å². The summed E-state index contributed by atoms with van der Waals surface area (Å²) in [7, 11) is 0. The van der Waals surface area contributed by atoms with Crippen LogP contribution in [-0.4, -0.2) is 0 Å². The van der Waals surface area contributed by atoms with Crippen molar-refractivity contribution in [2.45, 2.75) is 6.42 Å². The predicted molar refractivity (Wildman–Crippen MR) is 94.8 cm³/mol. The first-order chi connectivity index (χ1) is 10.8. The molecule has 22 heavy (non-hydrogen) atoms. The van der Waals surface area contributed by atoms with Gasteiger partial charge in [-0.25, -0.2) is 0 Å². The molecule has 0 saturated carbocycles. The van der Waals surface area contributed by atoms with E-state index in [0.29, 0.717) is 0 Å². The van der Waals surface area contributed by atoms with Crippen molar-refractivity contribution in [3.63, 3.8) is 0 Å². The molecule has 1 aliphatic rings. The highest BCUT2D eigenvalue weighted by Gasteiger charge is 2.14. The lowest BCUT2D eigenvalue weighted by Crippen LogP contribution is -1.94. The summed E-state index contributed by atoms with van der Waals surface area (Å²) in [5, 5.41) is 7.81. The molecule has 1 heteroatoms. The van der Waals surface area contributed by atoms with Crippen molar-refractivity contribution < 1.29 is 0 Å². The van der Waals surface area contributed by atoms with E-state index in [0.717, 1.165) is 12.1 Å². The fourth-order valence-corrected chi connectivity index (χ4v) is 3.68. The summed E-state index contributed by atoms with van der Waals surface area (Å²) in [5.41, 5.74) is 9.62. The molecule has 0 radical (unpaired) electrons. The minimum Gasteiger partial charge on any atom is -0.402 e. The minimum atomic E-state index is 0.876. The van der Waals surface area contributed by atoms with Gasteiger partial charge < -0.3 is 5.73 Å². The number of hydrogen-bond acceptors (Lipinski definition) is 1. The lowest BCUT2D eigenvalue weighted by Gasteiger charge is -2.09. The molecule has 0 aliphatic heterocycles. The van der Waals surface area contributed by atoms with Gasteiger partial charge in [0.05, 0.1) is 0 Å². The Kier molecular flexibility index (Phi) is 2.21. The minimum absolute atomic E-state index is 0.876. The van der Waals surface area contributed by atoms with Crippen LogP contribution in [0.25, 0.3) is 38.4 Å². The predicted octanol–water partition coefficient (Wildman–Crippen LogP) is 5.00. The first-order valence-corrected chi connectivity index (χ1v) is 7.63. The number of allylic oxidation sites excluding steroid dienone is 1. The Morgan fingerprint density at radius 3 is 2.32 bits per heavy atom. The van der Waals surface area contributed by atoms with E-state index in [9.17, 15) is 0 Å². The molecule has 1 nitrogen and oxygen atoms in total. The van der Waals surface area contributed by atoms with Crippen molar-refractivity contribution in [1.29, 1.82) is 0 Å². The Bertz CT molecular complexity index is 1100. The van der Waals surface area contributed by atoms with Gasteiger partial charge in [0.1, 0.15) is 0 Å². The Morgan fingerprint density at radius 2 is 1.45 bits per heavy atom. The molecular formula is C21H15N. The van der Waals surface area contributed by atoms with Crippen molar-refractivity contribution in [1.82, 2.24) is 0 Å². The summed E-state index contributed by atoms with van der Waals surface area (Å²) in [5.74, 6) is 0. The monoisotopic (exact) mass is 281 g/mol. The first-order valence-electron chi connectivity index (χ1n) is 7.63. The number of fused-ring (bicyclic) bond motifs is 6.